The Balaban J connectivity index is 1.40. The van der Waals surface area contributed by atoms with Gasteiger partial charge >= 0.3 is 0 Å². The largest absolute Gasteiger partial charge is 0.370 e. The van der Waals surface area contributed by atoms with Gasteiger partial charge in [-0.3, -0.25) is 14.8 Å². The Morgan fingerprint density at radius 1 is 1.27 bits per heavy atom. The number of nitriles is 1. The van der Waals surface area contributed by atoms with E-state index in [1.54, 1.807) is 11.9 Å². The molecule has 0 spiro atoms. The summed E-state index contributed by atoms with van der Waals surface area (Å²) in [5, 5.41) is 15.6. The summed E-state index contributed by atoms with van der Waals surface area (Å²) in [5.41, 5.74) is 4.54. The van der Waals surface area contributed by atoms with Crippen molar-refractivity contribution in [3.63, 3.8) is 0 Å². The highest BCUT2D eigenvalue weighted by molar-refractivity contribution is 7.99. The van der Waals surface area contributed by atoms with E-state index >= 15 is 0 Å². The van der Waals surface area contributed by atoms with E-state index in [0.29, 0.717) is 23.8 Å². The van der Waals surface area contributed by atoms with Gasteiger partial charge in [0.2, 0.25) is 5.91 Å². The van der Waals surface area contributed by atoms with E-state index in [1.165, 1.54) is 11.3 Å². The average Bonchev–Trinajstić information content (AvgIpc) is 3.13. The number of rotatable bonds is 5. The summed E-state index contributed by atoms with van der Waals surface area (Å²) in [5.74, 6) is 0.0281. The van der Waals surface area contributed by atoms with Crippen LogP contribution in [-0.4, -0.2) is 31.0 Å². The smallest absolute Gasteiger partial charge is 0.235 e. The Bertz CT molecular complexity index is 1110. The number of aryl methyl sites for hydroxylation is 1. The fourth-order valence-corrected chi connectivity index (χ4v) is 4.92. The summed E-state index contributed by atoms with van der Waals surface area (Å²) in [7, 11) is 1.77. The third-order valence-electron chi connectivity index (χ3n) is 5.29. The highest BCUT2D eigenvalue weighted by atomic mass is 32.2. The summed E-state index contributed by atoms with van der Waals surface area (Å²) >= 11 is 2.61. The van der Waals surface area contributed by atoms with Gasteiger partial charge in [0, 0.05) is 25.8 Å². The first-order chi connectivity index (χ1) is 14.5. The fourth-order valence-electron chi connectivity index (χ4n) is 3.52. The zero-order valence-electron chi connectivity index (χ0n) is 16.7. The second-order valence-corrected chi connectivity index (χ2v) is 9.07. The molecule has 152 valence electrons. The first kappa shape index (κ1) is 20.4. The number of carbonyl (C=O) groups is 1. The van der Waals surface area contributed by atoms with E-state index in [-0.39, 0.29) is 11.8 Å². The number of amides is 1. The molecule has 8 heteroatoms. The zero-order valence-corrected chi connectivity index (χ0v) is 18.3. The number of carbonyl (C=O) groups excluding carboxylic acids is 1. The molecule has 1 aromatic heterocycles. The molecule has 1 fully saturated rings. The molecule has 2 aromatic carbocycles. The maximum Gasteiger partial charge on any atom is 0.235 e. The van der Waals surface area contributed by atoms with Gasteiger partial charge in [0.25, 0.3) is 0 Å². The van der Waals surface area contributed by atoms with Crippen molar-refractivity contribution in [1.82, 2.24) is 4.98 Å². The van der Waals surface area contributed by atoms with Gasteiger partial charge < -0.3 is 4.90 Å². The van der Waals surface area contributed by atoms with Crippen LogP contribution in [0, 0.1) is 24.2 Å². The van der Waals surface area contributed by atoms with Crippen molar-refractivity contribution < 1.29 is 4.79 Å². The van der Waals surface area contributed by atoms with Gasteiger partial charge in [-0.05, 0) is 48.2 Å². The van der Waals surface area contributed by atoms with Crippen molar-refractivity contribution in [1.29, 1.82) is 5.26 Å². The molecule has 1 saturated heterocycles. The molecule has 1 aliphatic heterocycles. The predicted octanol–water partition coefficient (Wildman–Crippen LogP) is 4.06. The van der Waals surface area contributed by atoms with Gasteiger partial charge in [-0.25, -0.2) is 4.98 Å². The third-order valence-corrected chi connectivity index (χ3v) is 7.37. The average molecular weight is 436 g/mol. The van der Waals surface area contributed by atoms with Crippen LogP contribution in [-0.2, 0) is 4.79 Å². The van der Waals surface area contributed by atoms with Crippen molar-refractivity contribution >= 4 is 40.0 Å². The maximum atomic E-state index is 12.8. The minimum absolute atomic E-state index is 0.0489. The summed E-state index contributed by atoms with van der Waals surface area (Å²) in [6, 6.07) is 18.0. The lowest BCUT2D eigenvalue weighted by molar-refractivity contribution is -0.122. The molecule has 2 heterocycles. The van der Waals surface area contributed by atoms with Crippen LogP contribution >= 0.6 is 23.3 Å². The molecule has 30 heavy (non-hydrogen) atoms. The lowest BCUT2D eigenvalue weighted by Gasteiger charge is -2.41. The van der Waals surface area contributed by atoms with Gasteiger partial charge in [-0.15, -0.1) is 0 Å². The van der Waals surface area contributed by atoms with Crippen LogP contribution in [0.2, 0.25) is 0 Å². The SMILES string of the molecule is Cc1nc(N(C)C(=O)C2CN(c3ccc(-c4ccccc4C#N)cc3)C2)sc1SN. The van der Waals surface area contributed by atoms with Crippen LogP contribution in [0.25, 0.3) is 11.1 Å². The third kappa shape index (κ3) is 3.79. The van der Waals surface area contributed by atoms with Gasteiger partial charge in [-0.1, -0.05) is 41.7 Å². The van der Waals surface area contributed by atoms with Crippen LogP contribution < -0.4 is 14.9 Å². The molecule has 0 atom stereocenters. The van der Waals surface area contributed by atoms with Crippen molar-refractivity contribution in [2.75, 3.05) is 29.9 Å². The molecular weight excluding hydrogens is 414 g/mol. The molecule has 0 unspecified atom stereocenters. The number of anilines is 2. The molecule has 4 rings (SSSR count). The van der Waals surface area contributed by atoms with Crippen LogP contribution in [0.5, 0.6) is 0 Å². The van der Waals surface area contributed by atoms with Gasteiger partial charge in [0.15, 0.2) is 5.13 Å². The van der Waals surface area contributed by atoms with E-state index in [4.69, 9.17) is 5.14 Å². The Labute approximate surface area is 184 Å². The summed E-state index contributed by atoms with van der Waals surface area (Å²) in [6.45, 7) is 3.26. The predicted molar refractivity (Wildman–Crippen MR) is 123 cm³/mol. The highest BCUT2D eigenvalue weighted by Crippen LogP contribution is 2.33. The van der Waals surface area contributed by atoms with Gasteiger partial charge in [0.1, 0.15) is 0 Å². The normalized spacial score (nSPS) is 13.6. The number of thiazole rings is 1. The Hall–Kier alpha value is -2.86. The molecule has 1 aliphatic rings. The van der Waals surface area contributed by atoms with Crippen molar-refractivity contribution in [2.45, 2.75) is 11.1 Å². The molecular formula is C22H21N5OS2. The first-order valence-corrected chi connectivity index (χ1v) is 11.2. The topological polar surface area (TPSA) is 86.2 Å². The lowest BCUT2D eigenvalue weighted by atomic mass is 9.96. The Morgan fingerprint density at radius 3 is 2.60 bits per heavy atom. The molecule has 0 aliphatic carbocycles. The second-order valence-electron chi connectivity index (χ2n) is 7.19. The molecule has 0 radical (unpaired) electrons. The number of nitrogens with two attached hydrogens (primary N) is 1. The lowest BCUT2D eigenvalue weighted by Crippen LogP contribution is -2.54. The Kier molecular flexibility index (Phi) is 5.77. The first-order valence-electron chi connectivity index (χ1n) is 9.48. The molecule has 0 saturated carbocycles. The van der Waals surface area contributed by atoms with E-state index in [1.807, 2.05) is 55.5 Å². The number of aromatic nitrogens is 1. The molecule has 2 N–H and O–H groups in total. The number of nitrogens with zero attached hydrogens (tertiary/aromatic N) is 4. The number of hydrogen-bond acceptors (Lipinski definition) is 7. The van der Waals surface area contributed by atoms with Crippen molar-refractivity contribution in [3.05, 3.63) is 59.8 Å². The zero-order chi connectivity index (χ0) is 21.3. The van der Waals surface area contributed by atoms with Crippen LogP contribution in [0.15, 0.2) is 52.7 Å². The summed E-state index contributed by atoms with van der Waals surface area (Å²) < 4.78 is 0.929. The number of hydrogen-bond donors (Lipinski definition) is 1. The van der Waals surface area contributed by atoms with E-state index < -0.39 is 0 Å². The molecule has 6 nitrogen and oxygen atoms in total. The van der Waals surface area contributed by atoms with Gasteiger partial charge in [-0.2, -0.15) is 5.26 Å². The van der Waals surface area contributed by atoms with Crippen molar-refractivity contribution in [3.8, 4) is 17.2 Å². The van der Waals surface area contributed by atoms with Crippen LogP contribution in [0.3, 0.4) is 0 Å². The molecule has 1 amide bonds. The van der Waals surface area contributed by atoms with Crippen LogP contribution in [0.1, 0.15) is 11.3 Å². The molecule has 0 bridgehead atoms. The summed E-state index contributed by atoms with van der Waals surface area (Å²) in [4.78, 5) is 21.1. The van der Waals surface area contributed by atoms with Crippen LogP contribution in [0.4, 0.5) is 10.8 Å². The molecule has 3 aromatic rings. The second kappa shape index (κ2) is 8.48. The maximum absolute atomic E-state index is 12.8. The minimum atomic E-state index is -0.0489. The van der Waals surface area contributed by atoms with Gasteiger partial charge in [0.05, 0.1) is 27.5 Å². The fraction of sp³-hybridized carbons (Fsp3) is 0.227. The van der Waals surface area contributed by atoms with E-state index in [2.05, 4.69) is 16.0 Å². The minimum Gasteiger partial charge on any atom is -0.370 e. The van der Waals surface area contributed by atoms with Crippen molar-refractivity contribution in [2.24, 2.45) is 11.1 Å². The standard InChI is InChI=1S/C22H21N5OS2/c1-14-21(30-24)29-22(25-14)26(2)20(28)17-12-27(13-17)18-9-7-15(8-10-18)19-6-4-3-5-16(19)11-23/h3-10,17H,12-13,24H2,1-2H3. The summed E-state index contributed by atoms with van der Waals surface area (Å²) in [6.07, 6.45) is 0. The Morgan fingerprint density at radius 2 is 1.97 bits per heavy atom. The quantitative estimate of drug-likeness (QED) is 0.609. The van der Waals surface area contributed by atoms with E-state index in [0.717, 1.165) is 38.7 Å². The number of benzene rings is 2. The van der Waals surface area contributed by atoms with E-state index in [9.17, 15) is 10.1 Å². The monoisotopic (exact) mass is 435 g/mol. The highest BCUT2D eigenvalue weighted by Gasteiger charge is 2.35.